The van der Waals surface area contributed by atoms with Gasteiger partial charge in [-0.2, -0.15) is 0 Å². The van der Waals surface area contributed by atoms with Gasteiger partial charge in [0.1, 0.15) is 11.6 Å². The Morgan fingerprint density at radius 3 is 2.62 bits per heavy atom. The van der Waals surface area contributed by atoms with Crippen LogP contribution in [-0.2, 0) is 0 Å². The second-order valence-electron chi connectivity index (χ2n) is 9.95. The van der Waals surface area contributed by atoms with Gasteiger partial charge in [-0.25, -0.2) is 9.18 Å². The van der Waals surface area contributed by atoms with Crippen LogP contribution in [0.4, 0.5) is 4.39 Å². The lowest BCUT2D eigenvalue weighted by molar-refractivity contribution is 0.0696. The zero-order valence-corrected chi connectivity index (χ0v) is 21.2. The molecule has 0 aliphatic carbocycles. The van der Waals surface area contributed by atoms with Crippen LogP contribution in [0.15, 0.2) is 78.9 Å². The number of aryl methyl sites for hydroxylation is 1. The minimum atomic E-state index is -0.898. The van der Waals surface area contributed by atoms with E-state index in [1.54, 1.807) is 6.07 Å². The fourth-order valence-electron chi connectivity index (χ4n) is 5.49. The van der Waals surface area contributed by atoms with E-state index in [0.717, 1.165) is 59.2 Å². The second-order valence-corrected chi connectivity index (χ2v) is 9.95. The third kappa shape index (κ3) is 5.23. The number of fused-ring (bicyclic) bond motifs is 2. The summed E-state index contributed by atoms with van der Waals surface area (Å²) in [5, 5.41) is 14.8. The van der Waals surface area contributed by atoms with Crippen LogP contribution in [0.25, 0.3) is 10.8 Å². The number of carbonyl (C=O) groups is 1. The molecule has 5 heteroatoms. The molecular weight excluding hydrogens is 465 g/mol. The fourth-order valence-corrected chi connectivity index (χ4v) is 5.49. The number of para-hydroxylation sites is 1. The number of carboxylic acids is 1. The maximum atomic E-state index is 14.2. The zero-order chi connectivity index (χ0) is 25.9. The van der Waals surface area contributed by atoms with Gasteiger partial charge >= 0.3 is 5.97 Å². The van der Waals surface area contributed by atoms with E-state index < -0.39 is 5.97 Å². The Labute approximate surface area is 217 Å². The van der Waals surface area contributed by atoms with E-state index in [1.807, 2.05) is 73.7 Å². The molecule has 1 aliphatic heterocycles. The highest BCUT2D eigenvalue weighted by Gasteiger charge is 2.29. The number of nitrogens with one attached hydrogen (secondary N) is 1. The first-order chi connectivity index (χ1) is 17.9. The van der Waals surface area contributed by atoms with Crippen molar-refractivity contribution in [3.63, 3.8) is 0 Å². The first kappa shape index (κ1) is 25.0. The number of rotatable bonds is 8. The largest absolute Gasteiger partial charge is 0.490 e. The van der Waals surface area contributed by atoms with Crippen molar-refractivity contribution in [2.45, 2.75) is 51.2 Å². The van der Waals surface area contributed by atoms with Crippen LogP contribution in [0.2, 0.25) is 0 Å². The molecule has 0 radical (unpaired) electrons. The number of aromatic carboxylic acids is 1. The van der Waals surface area contributed by atoms with Crippen molar-refractivity contribution in [2.24, 2.45) is 0 Å². The summed E-state index contributed by atoms with van der Waals surface area (Å²) in [6.45, 7) is 4.75. The van der Waals surface area contributed by atoms with Crippen molar-refractivity contribution in [1.29, 1.82) is 0 Å². The summed E-state index contributed by atoms with van der Waals surface area (Å²) >= 11 is 0. The highest BCUT2D eigenvalue weighted by atomic mass is 19.1. The van der Waals surface area contributed by atoms with E-state index in [1.165, 1.54) is 0 Å². The summed E-state index contributed by atoms with van der Waals surface area (Å²) in [5.41, 5.74) is 4.33. The van der Waals surface area contributed by atoms with Gasteiger partial charge in [0.25, 0.3) is 0 Å². The highest BCUT2D eigenvalue weighted by molar-refractivity contribution is 5.89. The lowest BCUT2D eigenvalue weighted by Gasteiger charge is -2.33. The number of benzene rings is 4. The Morgan fingerprint density at radius 1 is 1.05 bits per heavy atom. The summed E-state index contributed by atoms with van der Waals surface area (Å²) in [6, 6.07) is 24.9. The third-order valence-corrected chi connectivity index (χ3v) is 7.51. The van der Waals surface area contributed by atoms with Crippen LogP contribution in [0.5, 0.6) is 5.75 Å². The van der Waals surface area contributed by atoms with Gasteiger partial charge in [-0.15, -0.1) is 0 Å². The molecule has 4 nitrogen and oxygen atoms in total. The number of hydrogen-bond acceptors (Lipinski definition) is 3. The molecule has 0 saturated carbocycles. The summed E-state index contributed by atoms with van der Waals surface area (Å²) in [7, 11) is 0. The quantitative estimate of drug-likeness (QED) is 0.249. The molecule has 1 aliphatic rings. The van der Waals surface area contributed by atoms with Crippen LogP contribution in [-0.4, -0.2) is 23.7 Å². The van der Waals surface area contributed by atoms with E-state index in [-0.39, 0.29) is 23.9 Å². The van der Waals surface area contributed by atoms with Gasteiger partial charge in [-0.05, 0) is 79.9 Å². The number of carboxylic acid groups (broad SMARTS) is 1. The lowest BCUT2D eigenvalue weighted by Crippen LogP contribution is -2.28. The van der Waals surface area contributed by atoms with Crippen LogP contribution in [0, 0.1) is 12.7 Å². The molecule has 0 spiro atoms. The minimum absolute atomic E-state index is 0.0400. The Bertz CT molecular complexity index is 1430. The Morgan fingerprint density at radius 2 is 1.81 bits per heavy atom. The maximum absolute atomic E-state index is 14.2. The summed E-state index contributed by atoms with van der Waals surface area (Å²) in [6.07, 6.45) is 2.65. The maximum Gasteiger partial charge on any atom is 0.335 e. The summed E-state index contributed by atoms with van der Waals surface area (Å²) < 4.78 is 20.6. The van der Waals surface area contributed by atoms with Gasteiger partial charge in [0.05, 0.1) is 11.7 Å². The molecule has 5 rings (SSSR count). The molecule has 4 aromatic rings. The van der Waals surface area contributed by atoms with Crippen molar-refractivity contribution in [1.82, 2.24) is 5.32 Å². The van der Waals surface area contributed by atoms with Gasteiger partial charge in [0.15, 0.2) is 0 Å². The van der Waals surface area contributed by atoms with Crippen LogP contribution >= 0.6 is 0 Å². The van der Waals surface area contributed by atoms with E-state index in [2.05, 4.69) is 18.3 Å². The minimum Gasteiger partial charge on any atom is -0.490 e. The van der Waals surface area contributed by atoms with Crippen LogP contribution in [0.1, 0.15) is 70.8 Å². The normalized spacial score (nSPS) is 17.7. The predicted octanol–water partition coefficient (Wildman–Crippen LogP) is 7.40. The first-order valence-corrected chi connectivity index (χ1v) is 12.9. The Hall–Kier alpha value is -3.70. The van der Waals surface area contributed by atoms with Gasteiger partial charge in [-0.1, -0.05) is 60.7 Å². The molecule has 2 N–H and O–H groups in total. The van der Waals surface area contributed by atoms with E-state index in [0.29, 0.717) is 10.9 Å². The molecule has 3 atom stereocenters. The molecule has 0 amide bonds. The number of ether oxygens (including phenoxy) is 1. The first-order valence-electron chi connectivity index (χ1n) is 12.9. The Kier molecular flexibility index (Phi) is 7.24. The van der Waals surface area contributed by atoms with E-state index >= 15 is 0 Å². The lowest BCUT2D eigenvalue weighted by atomic mass is 9.82. The average molecular weight is 498 g/mol. The van der Waals surface area contributed by atoms with E-state index in [4.69, 9.17) is 4.74 Å². The summed E-state index contributed by atoms with van der Waals surface area (Å²) in [4.78, 5) is 11.7. The molecule has 0 unspecified atom stereocenters. The number of halogens is 1. The predicted molar refractivity (Wildman–Crippen MR) is 145 cm³/mol. The second kappa shape index (κ2) is 10.7. The average Bonchev–Trinajstić information content (AvgIpc) is 2.91. The van der Waals surface area contributed by atoms with Gasteiger partial charge < -0.3 is 15.2 Å². The monoisotopic (exact) mass is 497 g/mol. The van der Waals surface area contributed by atoms with Crippen molar-refractivity contribution in [2.75, 3.05) is 6.54 Å². The SMILES string of the molecule is Cc1ccc([C@@H]2C[C@@H](CCCN[C@H](C)c3ccc(F)c4ccccc34)Oc3ccccc32)cc1C(=O)O. The molecule has 0 saturated heterocycles. The molecule has 1 heterocycles. The molecular formula is C32H32FNO3. The molecule has 0 fully saturated rings. The van der Waals surface area contributed by atoms with Crippen LogP contribution < -0.4 is 10.1 Å². The number of hydrogen-bond donors (Lipinski definition) is 2. The molecule has 4 aromatic carbocycles. The van der Waals surface area contributed by atoms with Crippen molar-refractivity contribution in [3.8, 4) is 5.75 Å². The molecule has 0 bridgehead atoms. The smallest absolute Gasteiger partial charge is 0.335 e. The van der Waals surface area contributed by atoms with Crippen molar-refractivity contribution in [3.05, 3.63) is 112 Å². The Balaban J connectivity index is 1.26. The molecule has 37 heavy (non-hydrogen) atoms. The zero-order valence-electron chi connectivity index (χ0n) is 21.2. The van der Waals surface area contributed by atoms with Crippen molar-refractivity contribution >= 4 is 16.7 Å². The van der Waals surface area contributed by atoms with Gasteiger partial charge in [-0.3, -0.25) is 0 Å². The fraction of sp³-hybridized carbons (Fsp3) is 0.281. The third-order valence-electron chi connectivity index (χ3n) is 7.51. The van der Waals surface area contributed by atoms with Crippen LogP contribution in [0.3, 0.4) is 0 Å². The standard InChI is InChI=1S/C32H32FNO3/c1-20-13-14-22(18-28(20)32(35)36)29-19-23(37-31-12-6-5-11-27(29)31)8-7-17-34-21(2)24-15-16-30(33)26-10-4-3-9-25(24)26/h3-6,9-16,18,21,23,29,34H,7-8,17,19H2,1-2H3,(H,35,36)/t21-,23-,29+/m1/s1. The molecule has 0 aromatic heterocycles. The highest BCUT2D eigenvalue weighted by Crippen LogP contribution is 2.41. The van der Waals surface area contributed by atoms with Gasteiger partial charge in [0, 0.05) is 22.9 Å². The summed E-state index contributed by atoms with van der Waals surface area (Å²) in [5.74, 6) is -0.128. The molecule has 190 valence electrons. The van der Waals surface area contributed by atoms with Gasteiger partial charge in [0.2, 0.25) is 0 Å². The van der Waals surface area contributed by atoms with Crippen molar-refractivity contribution < 1.29 is 19.0 Å². The van der Waals surface area contributed by atoms with E-state index in [9.17, 15) is 14.3 Å². The topological polar surface area (TPSA) is 58.6 Å².